The van der Waals surface area contributed by atoms with Crippen LogP contribution in [0.2, 0.25) is 0 Å². The highest BCUT2D eigenvalue weighted by molar-refractivity contribution is 5.79. The van der Waals surface area contributed by atoms with E-state index >= 15 is 0 Å². The van der Waals surface area contributed by atoms with Crippen LogP contribution in [0.25, 0.3) is 10.9 Å². The van der Waals surface area contributed by atoms with Crippen LogP contribution in [0.4, 0.5) is 4.39 Å². The summed E-state index contributed by atoms with van der Waals surface area (Å²) in [6.45, 7) is 4.93. The molecule has 1 aromatic heterocycles. The third kappa shape index (κ3) is 2.43. The van der Waals surface area contributed by atoms with Gasteiger partial charge in [0.05, 0.1) is 11.7 Å². The number of likely N-dealkylation sites (N-methyl/N-ethyl adjacent to an activating group) is 1. The summed E-state index contributed by atoms with van der Waals surface area (Å²) in [5.74, 6) is 0.126. The van der Waals surface area contributed by atoms with Crippen LogP contribution < -0.4 is 0 Å². The Labute approximate surface area is 135 Å². The van der Waals surface area contributed by atoms with E-state index in [1.54, 1.807) is 12.1 Å². The van der Waals surface area contributed by atoms with Crippen LogP contribution >= 0.6 is 0 Å². The van der Waals surface area contributed by atoms with E-state index in [4.69, 9.17) is 0 Å². The predicted octanol–water partition coefficient (Wildman–Crippen LogP) is 3.68. The Balaban J connectivity index is 1.84. The topological polar surface area (TPSA) is 21.1 Å². The second kappa shape index (κ2) is 5.46. The van der Waals surface area contributed by atoms with Crippen molar-refractivity contribution in [3.63, 3.8) is 0 Å². The molecule has 1 unspecified atom stereocenters. The minimum Gasteiger partial charge on any atom is -0.298 e. The molecule has 0 spiro atoms. The van der Waals surface area contributed by atoms with E-state index < -0.39 is 0 Å². The maximum Gasteiger partial charge on any atom is 0.123 e. The Morgan fingerprint density at radius 3 is 2.91 bits per heavy atom. The Morgan fingerprint density at radius 1 is 1.22 bits per heavy atom. The van der Waals surface area contributed by atoms with Crippen LogP contribution in [0.15, 0.2) is 42.6 Å². The summed E-state index contributed by atoms with van der Waals surface area (Å²) >= 11 is 0. The molecule has 0 saturated heterocycles. The second-order valence-electron chi connectivity index (χ2n) is 6.31. The molecule has 0 fully saturated rings. The van der Waals surface area contributed by atoms with Gasteiger partial charge in [-0.3, -0.25) is 9.58 Å². The van der Waals surface area contributed by atoms with Crippen molar-refractivity contribution in [2.24, 2.45) is 7.05 Å². The van der Waals surface area contributed by atoms with Gasteiger partial charge in [0.25, 0.3) is 0 Å². The molecule has 1 aliphatic heterocycles. The minimum absolute atomic E-state index is 0.150. The molecule has 2 heterocycles. The molecule has 0 aliphatic carbocycles. The van der Waals surface area contributed by atoms with E-state index in [9.17, 15) is 4.39 Å². The summed E-state index contributed by atoms with van der Waals surface area (Å²) in [7, 11) is 1.97. The standard InChI is InChI=1S/C19H20FN3/c1-3-23-11-15-8-16(20)6-7-17(15)18(12-23)13-4-5-14-10-21-22(2)19(14)9-13/h4-10,18H,3,11-12H2,1-2H3. The fourth-order valence-electron chi connectivity index (χ4n) is 3.62. The smallest absolute Gasteiger partial charge is 0.123 e. The Morgan fingerprint density at radius 2 is 2.09 bits per heavy atom. The van der Waals surface area contributed by atoms with Gasteiger partial charge in [0.1, 0.15) is 5.82 Å². The molecule has 3 aromatic rings. The van der Waals surface area contributed by atoms with Crippen LogP contribution in [0, 0.1) is 5.82 Å². The number of rotatable bonds is 2. The lowest BCUT2D eigenvalue weighted by Crippen LogP contribution is -2.34. The first-order chi connectivity index (χ1) is 11.2. The van der Waals surface area contributed by atoms with E-state index in [2.05, 4.69) is 35.1 Å². The molecule has 118 valence electrons. The highest BCUT2D eigenvalue weighted by Gasteiger charge is 2.26. The van der Waals surface area contributed by atoms with Gasteiger partial charge in [-0.25, -0.2) is 4.39 Å². The van der Waals surface area contributed by atoms with Crippen LogP contribution in [0.1, 0.15) is 29.5 Å². The molecule has 2 aromatic carbocycles. The predicted molar refractivity (Wildman–Crippen MR) is 89.9 cm³/mol. The molecule has 4 rings (SSSR count). The van der Waals surface area contributed by atoms with Gasteiger partial charge in [-0.1, -0.05) is 25.1 Å². The highest BCUT2D eigenvalue weighted by atomic mass is 19.1. The highest BCUT2D eigenvalue weighted by Crippen LogP contribution is 2.35. The van der Waals surface area contributed by atoms with Crippen molar-refractivity contribution in [3.05, 3.63) is 65.1 Å². The van der Waals surface area contributed by atoms with Crippen molar-refractivity contribution >= 4 is 10.9 Å². The van der Waals surface area contributed by atoms with E-state index in [0.29, 0.717) is 0 Å². The molecule has 1 aliphatic rings. The summed E-state index contributed by atoms with van der Waals surface area (Å²) in [4.78, 5) is 2.37. The van der Waals surface area contributed by atoms with Crippen LogP contribution in [0.5, 0.6) is 0 Å². The summed E-state index contributed by atoms with van der Waals surface area (Å²) in [6.07, 6.45) is 1.89. The molecular formula is C19H20FN3. The number of halogens is 1. The lowest BCUT2D eigenvalue weighted by atomic mass is 9.84. The maximum atomic E-state index is 13.6. The fraction of sp³-hybridized carbons (Fsp3) is 0.316. The van der Waals surface area contributed by atoms with Crippen molar-refractivity contribution in [1.29, 1.82) is 0 Å². The first-order valence-electron chi connectivity index (χ1n) is 8.08. The quantitative estimate of drug-likeness (QED) is 0.720. The lowest BCUT2D eigenvalue weighted by Gasteiger charge is -2.34. The van der Waals surface area contributed by atoms with Gasteiger partial charge in [-0.15, -0.1) is 0 Å². The molecule has 23 heavy (non-hydrogen) atoms. The average Bonchev–Trinajstić information content (AvgIpc) is 2.94. The zero-order valence-corrected chi connectivity index (χ0v) is 13.5. The van der Waals surface area contributed by atoms with Crippen molar-refractivity contribution in [2.75, 3.05) is 13.1 Å². The zero-order valence-electron chi connectivity index (χ0n) is 13.5. The third-order valence-electron chi connectivity index (χ3n) is 4.94. The van der Waals surface area contributed by atoms with Gasteiger partial charge in [0, 0.05) is 31.4 Å². The monoisotopic (exact) mass is 309 g/mol. The molecule has 1 atom stereocenters. The van der Waals surface area contributed by atoms with E-state index in [1.807, 2.05) is 24.0 Å². The molecule has 0 radical (unpaired) electrons. The van der Waals surface area contributed by atoms with Crippen molar-refractivity contribution in [3.8, 4) is 0 Å². The largest absolute Gasteiger partial charge is 0.298 e. The fourth-order valence-corrected chi connectivity index (χ4v) is 3.62. The molecule has 0 saturated carbocycles. The summed E-state index contributed by atoms with van der Waals surface area (Å²) in [5.41, 5.74) is 4.76. The van der Waals surface area contributed by atoms with E-state index in [-0.39, 0.29) is 11.7 Å². The average molecular weight is 309 g/mol. The maximum absolute atomic E-state index is 13.6. The molecule has 0 amide bonds. The van der Waals surface area contributed by atoms with Crippen molar-refractivity contribution in [1.82, 2.24) is 14.7 Å². The van der Waals surface area contributed by atoms with Gasteiger partial charge in [-0.05, 0) is 41.4 Å². The minimum atomic E-state index is -0.150. The van der Waals surface area contributed by atoms with Gasteiger partial charge in [-0.2, -0.15) is 5.10 Å². The summed E-state index contributed by atoms with van der Waals surface area (Å²) in [6, 6.07) is 11.8. The van der Waals surface area contributed by atoms with Crippen molar-refractivity contribution in [2.45, 2.75) is 19.4 Å². The van der Waals surface area contributed by atoms with Crippen LogP contribution in [0.3, 0.4) is 0 Å². The number of fused-ring (bicyclic) bond motifs is 2. The van der Waals surface area contributed by atoms with Crippen LogP contribution in [-0.2, 0) is 13.6 Å². The summed E-state index contributed by atoms with van der Waals surface area (Å²) in [5, 5.41) is 5.48. The number of hydrogen-bond donors (Lipinski definition) is 0. The van der Waals surface area contributed by atoms with Crippen LogP contribution in [-0.4, -0.2) is 27.8 Å². The molecule has 0 bridgehead atoms. The van der Waals surface area contributed by atoms with E-state index in [0.717, 1.165) is 36.1 Å². The summed E-state index contributed by atoms with van der Waals surface area (Å²) < 4.78 is 15.6. The Hall–Kier alpha value is -2.20. The molecular weight excluding hydrogens is 289 g/mol. The molecule has 3 nitrogen and oxygen atoms in total. The Kier molecular flexibility index (Phi) is 3.42. The number of aromatic nitrogens is 2. The SMILES string of the molecule is CCN1Cc2cc(F)ccc2C(c2ccc3cnn(C)c3c2)C1. The van der Waals surface area contributed by atoms with Gasteiger partial charge < -0.3 is 0 Å². The molecule has 0 N–H and O–H groups in total. The van der Waals surface area contributed by atoms with Gasteiger partial charge in [0.2, 0.25) is 0 Å². The first-order valence-corrected chi connectivity index (χ1v) is 8.08. The van der Waals surface area contributed by atoms with Gasteiger partial charge >= 0.3 is 0 Å². The zero-order chi connectivity index (χ0) is 16.0. The lowest BCUT2D eigenvalue weighted by molar-refractivity contribution is 0.253. The first kappa shape index (κ1) is 14.4. The van der Waals surface area contributed by atoms with E-state index in [1.165, 1.54) is 11.1 Å². The van der Waals surface area contributed by atoms with Gasteiger partial charge in [0.15, 0.2) is 0 Å². The second-order valence-corrected chi connectivity index (χ2v) is 6.31. The Bertz CT molecular complexity index is 868. The number of nitrogens with zero attached hydrogens (tertiary/aromatic N) is 3. The molecule has 4 heteroatoms. The number of aryl methyl sites for hydroxylation is 1. The number of benzene rings is 2. The van der Waals surface area contributed by atoms with Crippen molar-refractivity contribution < 1.29 is 4.39 Å². The third-order valence-corrected chi connectivity index (χ3v) is 4.94. The normalized spacial score (nSPS) is 18.3. The number of hydrogen-bond acceptors (Lipinski definition) is 2.